The van der Waals surface area contributed by atoms with Crippen LogP contribution in [0.1, 0.15) is 25.6 Å². The molecule has 5 heteroatoms. The molecule has 1 aromatic heterocycles. The third kappa shape index (κ3) is 2.68. The van der Waals surface area contributed by atoms with Crippen LogP contribution in [-0.2, 0) is 0 Å². The first-order chi connectivity index (χ1) is 8.56. The Morgan fingerprint density at radius 1 is 1.33 bits per heavy atom. The second-order valence-corrected chi connectivity index (χ2v) is 4.19. The van der Waals surface area contributed by atoms with Crippen molar-refractivity contribution in [3.8, 4) is 17.4 Å². The van der Waals surface area contributed by atoms with Crippen molar-refractivity contribution in [3.05, 3.63) is 46.5 Å². The van der Waals surface area contributed by atoms with Crippen LogP contribution in [0, 0.1) is 0 Å². The largest absolute Gasteiger partial charge is 0.504 e. The highest BCUT2D eigenvalue weighted by Crippen LogP contribution is 2.28. The lowest BCUT2D eigenvalue weighted by molar-refractivity contribution is 0.400. The van der Waals surface area contributed by atoms with Crippen molar-refractivity contribution in [2.75, 3.05) is 0 Å². The van der Waals surface area contributed by atoms with Crippen molar-refractivity contribution < 1.29 is 9.84 Å². The van der Waals surface area contributed by atoms with E-state index < -0.39 is 0 Å². The van der Waals surface area contributed by atoms with E-state index in [2.05, 4.69) is 9.97 Å². The number of phenols is 1. The number of para-hydroxylation sites is 2. The predicted octanol–water partition coefficient (Wildman–Crippen LogP) is 2.39. The molecule has 2 rings (SSSR count). The Morgan fingerprint density at radius 3 is 2.72 bits per heavy atom. The summed E-state index contributed by atoms with van der Waals surface area (Å²) in [6.45, 7) is 3.84. The highest BCUT2D eigenvalue weighted by Gasteiger charge is 2.08. The Hall–Kier alpha value is -2.30. The Kier molecular flexibility index (Phi) is 3.32. The minimum Gasteiger partial charge on any atom is -0.504 e. The first kappa shape index (κ1) is 12.2. The number of hydrogen-bond acceptors (Lipinski definition) is 4. The van der Waals surface area contributed by atoms with E-state index in [4.69, 9.17) is 4.74 Å². The maximum absolute atomic E-state index is 11.5. The van der Waals surface area contributed by atoms with Gasteiger partial charge in [0.25, 0.3) is 5.56 Å². The van der Waals surface area contributed by atoms with Crippen molar-refractivity contribution in [2.45, 2.75) is 19.8 Å². The van der Waals surface area contributed by atoms with E-state index >= 15 is 0 Å². The number of H-pyrrole nitrogens is 1. The molecule has 0 fully saturated rings. The number of hydrogen-bond donors (Lipinski definition) is 2. The van der Waals surface area contributed by atoms with Gasteiger partial charge in [-0.05, 0) is 12.1 Å². The van der Waals surface area contributed by atoms with Gasteiger partial charge in [0.1, 0.15) is 5.82 Å². The molecule has 18 heavy (non-hydrogen) atoms. The van der Waals surface area contributed by atoms with Crippen LogP contribution < -0.4 is 10.3 Å². The number of ether oxygens (including phenoxy) is 1. The number of benzene rings is 1. The summed E-state index contributed by atoms with van der Waals surface area (Å²) in [5.74, 6) is 1.08. The zero-order chi connectivity index (χ0) is 13.1. The quantitative estimate of drug-likeness (QED) is 0.871. The monoisotopic (exact) mass is 246 g/mol. The number of aromatic amines is 1. The number of phenolic OH excluding ortho intramolecular Hbond substituents is 1. The Labute approximate surface area is 104 Å². The van der Waals surface area contributed by atoms with Crippen molar-refractivity contribution in [1.82, 2.24) is 9.97 Å². The lowest BCUT2D eigenvalue weighted by atomic mass is 10.2. The smallest absolute Gasteiger partial charge is 0.254 e. The molecule has 0 saturated carbocycles. The first-order valence-corrected chi connectivity index (χ1v) is 5.63. The van der Waals surface area contributed by atoms with Gasteiger partial charge >= 0.3 is 0 Å². The number of aromatic hydroxyl groups is 1. The zero-order valence-electron chi connectivity index (χ0n) is 10.2. The molecule has 94 valence electrons. The zero-order valence-corrected chi connectivity index (χ0v) is 10.2. The first-order valence-electron chi connectivity index (χ1n) is 5.63. The van der Waals surface area contributed by atoms with E-state index in [0.717, 1.165) is 0 Å². The standard InChI is InChI=1S/C13H14N2O3/c1-8(2)13-14-11(17)7-12(15-13)18-10-6-4-3-5-9(10)16/h3-8,16H,1-2H3,(H,14,15,17). The van der Waals surface area contributed by atoms with Crippen LogP contribution >= 0.6 is 0 Å². The summed E-state index contributed by atoms with van der Waals surface area (Å²) in [4.78, 5) is 18.3. The van der Waals surface area contributed by atoms with Crippen LogP contribution in [0.25, 0.3) is 0 Å². The maximum Gasteiger partial charge on any atom is 0.254 e. The van der Waals surface area contributed by atoms with Crippen molar-refractivity contribution in [1.29, 1.82) is 0 Å². The molecule has 1 aromatic carbocycles. The second-order valence-electron chi connectivity index (χ2n) is 4.19. The van der Waals surface area contributed by atoms with Crippen LogP contribution in [0.2, 0.25) is 0 Å². The molecule has 0 saturated heterocycles. The molecular weight excluding hydrogens is 232 g/mol. The van der Waals surface area contributed by atoms with Crippen LogP contribution in [-0.4, -0.2) is 15.1 Å². The fourth-order valence-electron chi connectivity index (χ4n) is 1.44. The average Bonchev–Trinajstić information content (AvgIpc) is 2.31. The van der Waals surface area contributed by atoms with E-state index in [9.17, 15) is 9.90 Å². The van der Waals surface area contributed by atoms with Gasteiger partial charge in [0.05, 0.1) is 6.07 Å². The molecule has 0 unspecified atom stereocenters. The maximum atomic E-state index is 11.5. The molecular formula is C13H14N2O3. The molecule has 0 bridgehead atoms. The van der Waals surface area contributed by atoms with Gasteiger partial charge in [0, 0.05) is 5.92 Å². The normalized spacial score (nSPS) is 10.6. The lowest BCUT2D eigenvalue weighted by Crippen LogP contribution is -2.11. The molecule has 0 amide bonds. The van der Waals surface area contributed by atoms with E-state index in [0.29, 0.717) is 5.82 Å². The molecule has 0 spiro atoms. The molecule has 1 heterocycles. The molecule has 0 radical (unpaired) electrons. The number of nitrogens with one attached hydrogen (secondary N) is 1. The highest BCUT2D eigenvalue weighted by atomic mass is 16.5. The van der Waals surface area contributed by atoms with Crippen molar-refractivity contribution in [3.63, 3.8) is 0 Å². The lowest BCUT2D eigenvalue weighted by Gasteiger charge is -2.08. The molecule has 2 N–H and O–H groups in total. The third-order valence-electron chi connectivity index (χ3n) is 2.36. The molecule has 2 aromatic rings. The van der Waals surface area contributed by atoms with Gasteiger partial charge < -0.3 is 14.8 Å². The summed E-state index contributed by atoms with van der Waals surface area (Å²) in [5.41, 5.74) is -0.279. The number of nitrogens with zero attached hydrogens (tertiary/aromatic N) is 1. The highest BCUT2D eigenvalue weighted by molar-refractivity contribution is 5.40. The average molecular weight is 246 g/mol. The Balaban J connectivity index is 2.35. The summed E-state index contributed by atoms with van der Waals surface area (Å²) in [7, 11) is 0. The Morgan fingerprint density at radius 2 is 2.06 bits per heavy atom. The Bertz CT molecular complexity index is 605. The van der Waals surface area contributed by atoms with E-state index in [1.807, 2.05) is 13.8 Å². The van der Waals surface area contributed by atoms with Crippen molar-refractivity contribution >= 4 is 0 Å². The molecule has 0 aliphatic rings. The number of rotatable bonds is 3. The van der Waals surface area contributed by atoms with Gasteiger partial charge in [0.15, 0.2) is 11.5 Å². The fraction of sp³-hybridized carbons (Fsp3) is 0.231. The van der Waals surface area contributed by atoms with E-state index in [-0.39, 0.29) is 28.9 Å². The van der Waals surface area contributed by atoms with Gasteiger partial charge in [-0.2, -0.15) is 4.98 Å². The van der Waals surface area contributed by atoms with Crippen molar-refractivity contribution in [2.24, 2.45) is 0 Å². The second kappa shape index (κ2) is 4.91. The number of aromatic nitrogens is 2. The van der Waals surface area contributed by atoms with E-state index in [1.54, 1.807) is 18.2 Å². The van der Waals surface area contributed by atoms with Gasteiger partial charge in [-0.1, -0.05) is 26.0 Å². The summed E-state index contributed by atoms with van der Waals surface area (Å²) in [6.07, 6.45) is 0. The molecule has 0 atom stereocenters. The van der Waals surface area contributed by atoms with E-state index in [1.165, 1.54) is 12.1 Å². The van der Waals surface area contributed by atoms with Gasteiger partial charge in [-0.3, -0.25) is 4.79 Å². The third-order valence-corrected chi connectivity index (χ3v) is 2.36. The van der Waals surface area contributed by atoms with Crippen LogP contribution in [0.5, 0.6) is 17.4 Å². The molecule has 0 aliphatic carbocycles. The van der Waals surface area contributed by atoms with Crippen LogP contribution in [0.4, 0.5) is 0 Å². The summed E-state index contributed by atoms with van der Waals surface area (Å²) < 4.78 is 5.40. The summed E-state index contributed by atoms with van der Waals surface area (Å²) >= 11 is 0. The van der Waals surface area contributed by atoms with Crippen LogP contribution in [0.15, 0.2) is 35.1 Å². The molecule has 0 aliphatic heterocycles. The summed E-state index contributed by atoms with van der Waals surface area (Å²) in [6, 6.07) is 7.77. The van der Waals surface area contributed by atoms with Gasteiger partial charge in [0.2, 0.25) is 5.88 Å². The van der Waals surface area contributed by atoms with Gasteiger partial charge in [-0.25, -0.2) is 0 Å². The SMILES string of the molecule is CC(C)c1nc(Oc2ccccc2O)cc(=O)[nH]1. The topological polar surface area (TPSA) is 75.2 Å². The fourth-order valence-corrected chi connectivity index (χ4v) is 1.44. The predicted molar refractivity (Wildman–Crippen MR) is 67.1 cm³/mol. The molecule has 5 nitrogen and oxygen atoms in total. The van der Waals surface area contributed by atoms with Crippen LogP contribution in [0.3, 0.4) is 0 Å². The summed E-state index contributed by atoms with van der Waals surface area (Å²) in [5, 5.41) is 9.58. The minimum absolute atomic E-state index is 0.00526. The minimum atomic E-state index is -0.279. The van der Waals surface area contributed by atoms with Gasteiger partial charge in [-0.15, -0.1) is 0 Å².